The van der Waals surface area contributed by atoms with Crippen LogP contribution in [0.5, 0.6) is 0 Å². The zero-order chi connectivity index (χ0) is 14.5. The van der Waals surface area contributed by atoms with Gasteiger partial charge in [0.2, 0.25) is 0 Å². The molecule has 6 heteroatoms. The lowest BCUT2D eigenvalue weighted by Crippen LogP contribution is -2.04. The summed E-state index contributed by atoms with van der Waals surface area (Å²) in [5.74, 6) is -1.39. The fourth-order valence-electron chi connectivity index (χ4n) is 1.77. The number of hydrogen-bond acceptors (Lipinski definition) is 3. The van der Waals surface area contributed by atoms with Crippen LogP contribution in [-0.4, -0.2) is 13.1 Å². The maximum Gasteiger partial charge on any atom is 0.340 e. The number of methoxy groups -OCH3 is 1. The van der Waals surface area contributed by atoms with Crippen molar-refractivity contribution in [3.63, 3.8) is 0 Å². The second kappa shape index (κ2) is 5.86. The minimum absolute atomic E-state index is 0.123. The molecule has 0 saturated carbocycles. The Labute approximate surface area is 114 Å². The molecule has 0 heterocycles. The maximum atomic E-state index is 13.8. The third kappa shape index (κ3) is 2.76. The first-order valence-corrected chi connectivity index (χ1v) is 5.69. The number of halogens is 1. The molecule has 0 atom stereocenters. The number of ether oxygens (including phenoxy) is 1. The van der Waals surface area contributed by atoms with Crippen molar-refractivity contribution in [1.29, 1.82) is 0 Å². The first-order valence-electron chi connectivity index (χ1n) is 5.69. The Morgan fingerprint density at radius 3 is 2.65 bits per heavy atom. The van der Waals surface area contributed by atoms with Gasteiger partial charge in [-0.15, -0.1) is 0 Å². The van der Waals surface area contributed by atoms with Crippen molar-refractivity contribution < 1.29 is 13.9 Å². The van der Waals surface area contributed by atoms with Crippen molar-refractivity contribution in [1.82, 2.24) is 0 Å². The standard InChI is InChI=1S/C14H10FN3O2/c1-20-14(19)12-6-5-10(8-13(12)15)9-3-2-4-11(7-9)17-18-16/h2-8H,1H3. The number of azide groups is 1. The second-order valence-corrected chi connectivity index (χ2v) is 3.93. The third-order valence-corrected chi connectivity index (χ3v) is 2.71. The second-order valence-electron chi connectivity index (χ2n) is 3.93. The molecule has 0 aliphatic carbocycles. The number of nitrogens with zero attached hydrogens (tertiary/aromatic N) is 3. The largest absolute Gasteiger partial charge is 0.465 e. The molecule has 0 fully saturated rings. The summed E-state index contributed by atoms with van der Waals surface area (Å²) in [6.07, 6.45) is 0. The van der Waals surface area contributed by atoms with E-state index in [-0.39, 0.29) is 5.56 Å². The molecule has 2 aromatic rings. The van der Waals surface area contributed by atoms with Gasteiger partial charge in [-0.25, -0.2) is 9.18 Å². The van der Waals surface area contributed by atoms with Crippen LogP contribution < -0.4 is 0 Å². The van der Waals surface area contributed by atoms with E-state index in [0.29, 0.717) is 16.8 Å². The van der Waals surface area contributed by atoms with Crippen LogP contribution in [0.1, 0.15) is 10.4 Å². The summed E-state index contributed by atoms with van der Waals surface area (Å²) in [6, 6.07) is 10.9. The Bertz CT molecular complexity index is 709. The van der Waals surface area contributed by atoms with Crippen LogP contribution in [0.25, 0.3) is 21.6 Å². The van der Waals surface area contributed by atoms with Crippen LogP contribution in [0.4, 0.5) is 10.1 Å². The molecule has 0 aliphatic heterocycles. The van der Waals surface area contributed by atoms with Crippen molar-refractivity contribution in [3.05, 3.63) is 64.3 Å². The number of carbonyl (C=O) groups is 1. The molecule has 0 unspecified atom stereocenters. The van der Waals surface area contributed by atoms with Crippen LogP contribution in [0.3, 0.4) is 0 Å². The van der Waals surface area contributed by atoms with Crippen molar-refractivity contribution >= 4 is 11.7 Å². The van der Waals surface area contributed by atoms with Crippen molar-refractivity contribution in [2.45, 2.75) is 0 Å². The number of hydrogen-bond donors (Lipinski definition) is 0. The average Bonchev–Trinajstić information content (AvgIpc) is 2.47. The quantitative estimate of drug-likeness (QED) is 0.362. The van der Waals surface area contributed by atoms with E-state index in [2.05, 4.69) is 14.8 Å². The molecule has 0 amide bonds. The monoisotopic (exact) mass is 271 g/mol. The topological polar surface area (TPSA) is 75.1 Å². The van der Waals surface area contributed by atoms with Gasteiger partial charge in [-0.05, 0) is 34.9 Å². The predicted octanol–water partition coefficient (Wildman–Crippen LogP) is 4.22. The van der Waals surface area contributed by atoms with Gasteiger partial charge in [0.1, 0.15) is 5.82 Å². The molecule has 0 radical (unpaired) electrons. The fraction of sp³-hybridized carbons (Fsp3) is 0.0714. The molecule has 0 spiro atoms. The van der Waals surface area contributed by atoms with E-state index in [1.807, 2.05) is 0 Å². The number of esters is 1. The summed E-state index contributed by atoms with van der Waals surface area (Å²) in [5.41, 5.74) is 9.97. The summed E-state index contributed by atoms with van der Waals surface area (Å²) >= 11 is 0. The lowest BCUT2D eigenvalue weighted by atomic mass is 10.0. The van der Waals surface area contributed by atoms with Crippen LogP contribution in [-0.2, 0) is 4.74 Å². The molecular formula is C14H10FN3O2. The minimum Gasteiger partial charge on any atom is -0.465 e. The highest BCUT2D eigenvalue weighted by Crippen LogP contribution is 2.26. The highest BCUT2D eigenvalue weighted by Gasteiger charge is 2.12. The summed E-state index contributed by atoms with van der Waals surface area (Å²) < 4.78 is 18.3. The van der Waals surface area contributed by atoms with Gasteiger partial charge < -0.3 is 4.74 Å². The van der Waals surface area contributed by atoms with Crippen molar-refractivity contribution in [3.8, 4) is 11.1 Å². The van der Waals surface area contributed by atoms with Crippen molar-refractivity contribution in [2.75, 3.05) is 7.11 Å². The molecule has 100 valence electrons. The van der Waals surface area contributed by atoms with Gasteiger partial charge in [0.15, 0.2) is 0 Å². The smallest absolute Gasteiger partial charge is 0.340 e. The SMILES string of the molecule is COC(=O)c1ccc(-c2cccc(N=[N+]=[N-])c2)cc1F. The first-order chi connectivity index (χ1) is 9.65. The molecule has 0 saturated heterocycles. The molecule has 0 aromatic heterocycles. The third-order valence-electron chi connectivity index (χ3n) is 2.71. The van der Waals surface area contributed by atoms with Gasteiger partial charge in [0.05, 0.1) is 12.7 Å². The molecule has 2 aromatic carbocycles. The van der Waals surface area contributed by atoms with E-state index in [1.165, 1.54) is 19.2 Å². The highest BCUT2D eigenvalue weighted by molar-refractivity contribution is 5.90. The Kier molecular flexibility index (Phi) is 3.98. The Morgan fingerprint density at radius 2 is 2.00 bits per heavy atom. The lowest BCUT2D eigenvalue weighted by molar-refractivity contribution is 0.0595. The summed E-state index contributed by atoms with van der Waals surface area (Å²) in [6.45, 7) is 0. The van der Waals surface area contributed by atoms with Gasteiger partial charge in [-0.2, -0.15) is 0 Å². The zero-order valence-electron chi connectivity index (χ0n) is 10.6. The molecule has 5 nitrogen and oxygen atoms in total. The minimum atomic E-state index is -0.725. The molecular weight excluding hydrogens is 261 g/mol. The van der Waals surface area contributed by atoms with E-state index in [0.717, 1.165) is 0 Å². The van der Waals surface area contributed by atoms with E-state index in [1.54, 1.807) is 30.3 Å². The van der Waals surface area contributed by atoms with Gasteiger partial charge in [-0.3, -0.25) is 0 Å². The van der Waals surface area contributed by atoms with Crippen molar-refractivity contribution in [2.24, 2.45) is 5.11 Å². The predicted molar refractivity (Wildman–Crippen MR) is 72.0 cm³/mol. The maximum absolute atomic E-state index is 13.8. The highest BCUT2D eigenvalue weighted by atomic mass is 19.1. The number of benzene rings is 2. The molecule has 0 aliphatic rings. The normalized spacial score (nSPS) is 9.70. The van der Waals surface area contributed by atoms with Gasteiger partial charge in [0.25, 0.3) is 0 Å². The average molecular weight is 271 g/mol. The lowest BCUT2D eigenvalue weighted by Gasteiger charge is -2.06. The summed E-state index contributed by atoms with van der Waals surface area (Å²) in [5, 5.41) is 3.49. The molecule has 0 N–H and O–H groups in total. The number of rotatable bonds is 3. The molecule has 20 heavy (non-hydrogen) atoms. The Morgan fingerprint density at radius 1 is 1.25 bits per heavy atom. The summed E-state index contributed by atoms with van der Waals surface area (Å²) in [4.78, 5) is 14.0. The molecule has 0 bridgehead atoms. The van der Waals surface area contributed by atoms with E-state index in [4.69, 9.17) is 5.53 Å². The van der Waals surface area contributed by atoms with Gasteiger partial charge in [-0.1, -0.05) is 29.4 Å². The Balaban J connectivity index is 2.44. The van der Waals surface area contributed by atoms with Gasteiger partial charge >= 0.3 is 5.97 Å². The number of carbonyl (C=O) groups excluding carboxylic acids is 1. The zero-order valence-corrected chi connectivity index (χ0v) is 10.6. The first kappa shape index (κ1) is 13.6. The van der Waals surface area contributed by atoms with Crippen LogP contribution in [0.15, 0.2) is 47.6 Å². The van der Waals surface area contributed by atoms with E-state index in [9.17, 15) is 9.18 Å². The van der Waals surface area contributed by atoms with Gasteiger partial charge in [0, 0.05) is 10.6 Å². The Hall–Kier alpha value is -2.85. The van der Waals surface area contributed by atoms with E-state index >= 15 is 0 Å². The summed E-state index contributed by atoms with van der Waals surface area (Å²) in [7, 11) is 1.19. The van der Waals surface area contributed by atoms with Crippen LogP contribution in [0, 0.1) is 5.82 Å². The van der Waals surface area contributed by atoms with Crippen LogP contribution >= 0.6 is 0 Å². The fourth-order valence-corrected chi connectivity index (χ4v) is 1.77. The molecule has 2 rings (SSSR count). The van der Waals surface area contributed by atoms with E-state index < -0.39 is 11.8 Å². The van der Waals surface area contributed by atoms with Crippen LogP contribution in [0.2, 0.25) is 0 Å².